The molecule has 0 saturated carbocycles. The quantitative estimate of drug-likeness (QED) is 0.866. The third kappa shape index (κ3) is 3.23. The van der Waals surface area contributed by atoms with Crippen molar-refractivity contribution in [2.75, 3.05) is 31.6 Å². The second-order valence-corrected chi connectivity index (χ2v) is 5.11. The molecule has 1 aromatic carbocycles. The molecule has 6 nitrogen and oxygen atoms in total. The van der Waals surface area contributed by atoms with Crippen LogP contribution in [-0.4, -0.2) is 53.1 Å². The van der Waals surface area contributed by atoms with Crippen molar-refractivity contribution in [3.05, 3.63) is 43.1 Å². The van der Waals surface area contributed by atoms with Gasteiger partial charge in [-0.05, 0) is 12.1 Å². The minimum Gasteiger partial charge on any atom is -0.373 e. The fourth-order valence-electron chi connectivity index (χ4n) is 2.43. The molecule has 1 unspecified atom stereocenters. The first-order valence-corrected chi connectivity index (χ1v) is 7.25. The van der Waals surface area contributed by atoms with Gasteiger partial charge in [0, 0.05) is 31.2 Å². The van der Waals surface area contributed by atoms with Gasteiger partial charge in [-0.2, -0.15) is 0 Å². The molecule has 1 atom stereocenters. The van der Waals surface area contributed by atoms with Gasteiger partial charge in [0.25, 0.3) is 0 Å². The van der Waals surface area contributed by atoms with Crippen molar-refractivity contribution in [3.63, 3.8) is 0 Å². The predicted molar refractivity (Wildman–Crippen MR) is 84.5 cm³/mol. The highest BCUT2D eigenvalue weighted by Crippen LogP contribution is 2.12. The fourth-order valence-corrected chi connectivity index (χ4v) is 2.43. The number of fused-ring (bicyclic) bond motifs is 1. The Morgan fingerprint density at radius 1 is 1.50 bits per heavy atom. The maximum Gasteiger partial charge on any atom is 0.246 e. The summed E-state index contributed by atoms with van der Waals surface area (Å²) in [5.74, 6) is 0.504. The van der Waals surface area contributed by atoms with Crippen LogP contribution in [0.5, 0.6) is 0 Å². The van der Waals surface area contributed by atoms with E-state index >= 15 is 0 Å². The monoisotopic (exact) mass is 298 g/mol. The number of amides is 1. The van der Waals surface area contributed by atoms with Gasteiger partial charge >= 0.3 is 0 Å². The minimum atomic E-state index is -0.0762. The molecule has 22 heavy (non-hydrogen) atoms. The van der Waals surface area contributed by atoms with Gasteiger partial charge in [0.05, 0.1) is 18.2 Å². The fraction of sp³-hybridized carbons (Fsp3) is 0.312. The van der Waals surface area contributed by atoms with Crippen molar-refractivity contribution >= 4 is 22.8 Å². The molecule has 0 aliphatic carbocycles. The summed E-state index contributed by atoms with van der Waals surface area (Å²) < 4.78 is 5.67. The maximum atomic E-state index is 11.6. The molecular formula is C16H18N4O2. The summed E-state index contributed by atoms with van der Waals surface area (Å²) in [5, 5.41) is 4.18. The van der Waals surface area contributed by atoms with Crippen molar-refractivity contribution in [1.82, 2.24) is 14.9 Å². The number of hydrogen-bond acceptors (Lipinski definition) is 5. The molecule has 2 heterocycles. The normalized spacial score (nSPS) is 18.2. The number of aromatic nitrogens is 2. The van der Waals surface area contributed by atoms with Crippen molar-refractivity contribution in [2.24, 2.45) is 0 Å². The molecule has 2 aromatic rings. The second-order valence-electron chi connectivity index (χ2n) is 5.11. The lowest BCUT2D eigenvalue weighted by molar-refractivity contribution is -0.132. The number of anilines is 1. The van der Waals surface area contributed by atoms with Crippen molar-refractivity contribution in [1.29, 1.82) is 0 Å². The van der Waals surface area contributed by atoms with Crippen LogP contribution in [-0.2, 0) is 9.53 Å². The van der Waals surface area contributed by atoms with Gasteiger partial charge in [-0.25, -0.2) is 9.97 Å². The van der Waals surface area contributed by atoms with E-state index in [1.54, 1.807) is 11.1 Å². The van der Waals surface area contributed by atoms with Crippen molar-refractivity contribution < 1.29 is 9.53 Å². The van der Waals surface area contributed by atoms with E-state index in [4.69, 9.17) is 4.74 Å². The zero-order valence-corrected chi connectivity index (χ0v) is 12.2. The Balaban J connectivity index is 1.61. The molecule has 1 aliphatic rings. The number of nitrogens with zero attached hydrogens (tertiary/aromatic N) is 3. The SMILES string of the molecule is C=CC(=O)N1CCOC(CNc2ncc3ccccc3n2)C1. The van der Waals surface area contributed by atoms with E-state index < -0.39 is 0 Å². The van der Waals surface area contributed by atoms with Gasteiger partial charge < -0.3 is 15.0 Å². The molecule has 114 valence electrons. The Morgan fingerprint density at radius 3 is 3.23 bits per heavy atom. The van der Waals surface area contributed by atoms with Gasteiger partial charge in [0.15, 0.2) is 0 Å². The Morgan fingerprint density at radius 2 is 2.36 bits per heavy atom. The lowest BCUT2D eigenvalue weighted by Gasteiger charge is -2.32. The van der Waals surface area contributed by atoms with Crippen LogP contribution in [0.15, 0.2) is 43.1 Å². The number of rotatable bonds is 4. The number of nitrogens with one attached hydrogen (secondary N) is 1. The van der Waals surface area contributed by atoms with E-state index in [2.05, 4.69) is 21.9 Å². The van der Waals surface area contributed by atoms with Crippen LogP contribution in [0.1, 0.15) is 0 Å². The Hall–Kier alpha value is -2.47. The number of morpholine rings is 1. The zero-order valence-electron chi connectivity index (χ0n) is 12.2. The molecule has 1 N–H and O–H groups in total. The predicted octanol–water partition coefficient (Wildman–Crippen LogP) is 1.46. The largest absolute Gasteiger partial charge is 0.373 e. The third-order valence-electron chi connectivity index (χ3n) is 3.60. The minimum absolute atomic E-state index is 0.0599. The van der Waals surface area contributed by atoms with E-state index in [-0.39, 0.29) is 12.0 Å². The summed E-state index contributed by atoms with van der Waals surface area (Å²) in [5.41, 5.74) is 0.896. The highest BCUT2D eigenvalue weighted by molar-refractivity contribution is 5.87. The molecule has 6 heteroatoms. The first-order valence-electron chi connectivity index (χ1n) is 7.25. The second kappa shape index (κ2) is 6.53. The van der Waals surface area contributed by atoms with Crippen LogP contribution in [0.3, 0.4) is 0 Å². The molecular weight excluding hydrogens is 280 g/mol. The van der Waals surface area contributed by atoms with Gasteiger partial charge in [-0.3, -0.25) is 4.79 Å². The van der Waals surface area contributed by atoms with Crippen molar-refractivity contribution in [2.45, 2.75) is 6.10 Å². The smallest absolute Gasteiger partial charge is 0.246 e. The summed E-state index contributed by atoms with van der Waals surface area (Å²) in [6.07, 6.45) is 3.05. The number of carbonyl (C=O) groups is 1. The summed E-state index contributed by atoms with van der Waals surface area (Å²) in [6, 6.07) is 7.83. The molecule has 0 bridgehead atoms. The van der Waals surface area contributed by atoms with Crippen molar-refractivity contribution in [3.8, 4) is 0 Å². The van der Waals surface area contributed by atoms with E-state index in [0.29, 0.717) is 32.2 Å². The molecule has 1 amide bonds. The summed E-state index contributed by atoms with van der Waals surface area (Å²) in [4.78, 5) is 22.1. The first-order chi connectivity index (χ1) is 10.8. The van der Waals surface area contributed by atoms with Gasteiger partial charge in [0.2, 0.25) is 11.9 Å². The molecule has 1 fully saturated rings. The van der Waals surface area contributed by atoms with Crippen LogP contribution >= 0.6 is 0 Å². The summed E-state index contributed by atoms with van der Waals surface area (Å²) >= 11 is 0. The Kier molecular flexibility index (Phi) is 4.29. The topological polar surface area (TPSA) is 67.3 Å². The number of carbonyl (C=O) groups excluding carboxylic acids is 1. The third-order valence-corrected chi connectivity index (χ3v) is 3.60. The number of ether oxygens (including phenoxy) is 1. The van der Waals surface area contributed by atoms with Gasteiger partial charge in [0.1, 0.15) is 0 Å². The molecule has 0 radical (unpaired) electrons. The lowest BCUT2D eigenvalue weighted by Crippen LogP contribution is -2.47. The lowest BCUT2D eigenvalue weighted by atomic mass is 10.2. The number of para-hydroxylation sites is 1. The molecule has 3 rings (SSSR count). The average Bonchev–Trinajstić information content (AvgIpc) is 2.59. The van der Waals surface area contributed by atoms with E-state index in [9.17, 15) is 4.79 Å². The molecule has 1 saturated heterocycles. The van der Waals surface area contributed by atoms with Crippen LogP contribution in [0, 0.1) is 0 Å². The maximum absolute atomic E-state index is 11.6. The van der Waals surface area contributed by atoms with Gasteiger partial charge in [-0.1, -0.05) is 24.8 Å². The van der Waals surface area contributed by atoms with Crippen LogP contribution < -0.4 is 5.32 Å². The summed E-state index contributed by atoms with van der Waals surface area (Å²) in [7, 11) is 0. The Bertz CT molecular complexity index is 689. The van der Waals surface area contributed by atoms with E-state index in [0.717, 1.165) is 10.9 Å². The van der Waals surface area contributed by atoms with Gasteiger partial charge in [-0.15, -0.1) is 0 Å². The van der Waals surface area contributed by atoms with E-state index in [1.165, 1.54) is 6.08 Å². The summed E-state index contributed by atoms with van der Waals surface area (Å²) in [6.45, 7) is 5.75. The highest BCUT2D eigenvalue weighted by Gasteiger charge is 2.22. The molecule has 0 spiro atoms. The molecule has 1 aromatic heterocycles. The zero-order chi connectivity index (χ0) is 15.4. The molecule has 1 aliphatic heterocycles. The van der Waals surface area contributed by atoms with Crippen LogP contribution in [0.25, 0.3) is 10.9 Å². The number of benzene rings is 1. The first kappa shape index (κ1) is 14.5. The average molecular weight is 298 g/mol. The standard InChI is InChI=1S/C16H18N4O2/c1-2-15(21)20-7-8-22-13(11-20)10-18-16-17-9-12-5-3-4-6-14(12)19-16/h2-6,9,13H,1,7-8,10-11H2,(H,17,18,19). The van der Waals surface area contributed by atoms with Crippen LogP contribution in [0.2, 0.25) is 0 Å². The van der Waals surface area contributed by atoms with E-state index in [1.807, 2.05) is 24.3 Å². The Labute approximate surface area is 128 Å². The van der Waals surface area contributed by atoms with Crippen LogP contribution in [0.4, 0.5) is 5.95 Å². The highest BCUT2D eigenvalue weighted by atomic mass is 16.5. The number of hydrogen-bond donors (Lipinski definition) is 1.